The first kappa shape index (κ1) is 14.8. The Morgan fingerprint density at radius 1 is 1.29 bits per heavy atom. The molecule has 0 bridgehead atoms. The third kappa shape index (κ3) is 2.97. The van der Waals surface area contributed by atoms with Gasteiger partial charge in [-0.05, 0) is 43.7 Å². The summed E-state index contributed by atoms with van der Waals surface area (Å²) in [7, 11) is 0. The van der Waals surface area contributed by atoms with E-state index in [1.165, 1.54) is 35.2 Å². The van der Waals surface area contributed by atoms with Gasteiger partial charge in [0.2, 0.25) is 0 Å². The summed E-state index contributed by atoms with van der Waals surface area (Å²) in [6, 6.07) is 8.63. The van der Waals surface area contributed by atoms with Crippen molar-refractivity contribution in [1.29, 1.82) is 0 Å². The SMILES string of the molecule is CCN(C(=O)c1cc(N)ccc1F)c1cc(O)ccc1C. The minimum Gasteiger partial charge on any atom is -0.508 e. The molecule has 0 aliphatic carbocycles. The Morgan fingerprint density at radius 3 is 2.67 bits per heavy atom. The van der Waals surface area contributed by atoms with E-state index in [2.05, 4.69) is 0 Å². The molecule has 1 amide bonds. The van der Waals surface area contributed by atoms with Crippen molar-refractivity contribution in [2.75, 3.05) is 17.2 Å². The van der Waals surface area contributed by atoms with Gasteiger partial charge in [-0.3, -0.25) is 4.79 Å². The van der Waals surface area contributed by atoms with E-state index >= 15 is 0 Å². The Kier molecular flexibility index (Phi) is 4.12. The molecule has 0 fully saturated rings. The molecule has 0 saturated heterocycles. The number of nitrogens with zero attached hydrogens (tertiary/aromatic N) is 1. The summed E-state index contributed by atoms with van der Waals surface area (Å²) in [5.74, 6) is -1.06. The summed E-state index contributed by atoms with van der Waals surface area (Å²) in [5, 5.41) is 9.60. The Labute approximate surface area is 122 Å². The van der Waals surface area contributed by atoms with Crippen molar-refractivity contribution in [2.45, 2.75) is 13.8 Å². The van der Waals surface area contributed by atoms with Crippen molar-refractivity contribution in [2.24, 2.45) is 0 Å². The largest absolute Gasteiger partial charge is 0.508 e. The van der Waals surface area contributed by atoms with Crippen LogP contribution >= 0.6 is 0 Å². The predicted molar refractivity (Wildman–Crippen MR) is 81.0 cm³/mol. The molecule has 110 valence electrons. The Morgan fingerprint density at radius 2 is 2.00 bits per heavy atom. The number of benzene rings is 2. The maximum absolute atomic E-state index is 13.9. The van der Waals surface area contributed by atoms with Crippen LogP contribution in [0.15, 0.2) is 36.4 Å². The molecule has 3 N–H and O–H groups in total. The lowest BCUT2D eigenvalue weighted by Gasteiger charge is -2.23. The van der Waals surface area contributed by atoms with Crippen molar-refractivity contribution in [3.05, 3.63) is 53.3 Å². The van der Waals surface area contributed by atoms with Crippen molar-refractivity contribution >= 4 is 17.3 Å². The third-order valence-electron chi connectivity index (χ3n) is 3.27. The summed E-state index contributed by atoms with van der Waals surface area (Å²) >= 11 is 0. The molecule has 0 aliphatic heterocycles. The van der Waals surface area contributed by atoms with E-state index in [-0.39, 0.29) is 11.3 Å². The lowest BCUT2D eigenvalue weighted by molar-refractivity contribution is 0.0984. The first-order chi connectivity index (χ1) is 9.93. The first-order valence-electron chi connectivity index (χ1n) is 6.60. The summed E-state index contributed by atoms with van der Waals surface area (Å²) in [5.41, 5.74) is 7.22. The molecular weight excluding hydrogens is 271 g/mol. The van der Waals surface area contributed by atoms with Crippen LogP contribution in [0.4, 0.5) is 15.8 Å². The van der Waals surface area contributed by atoms with Crippen LogP contribution in [0.1, 0.15) is 22.8 Å². The molecule has 2 aromatic carbocycles. The van der Waals surface area contributed by atoms with Gasteiger partial charge in [0.05, 0.1) is 11.3 Å². The van der Waals surface area contributed by atoms with Crippen LogP contribution in [0.5, 0.6) is 5.75 Å². The Hall–Kier alpha value is -2.56. The molecule has 0 aromatic heterocycles. The van der Waals surface area contributed by atoms with Crippen LogP contribution in [-0.4, -0.2) is 17.6 Å². The zero-order valence-electron chi connectivity index (χ0n) is 11.9. The van der Waals surface area contributed by atoms with Gasteiger partial charge < -0.3 is 15.7 Å². The second kappa shape index (κ2) is 5.83. The molecule has 0 radical (unpaired) electrons. The van der Waals surface area contributed by atoms with E-state index in [1.54, 1.807) is 13.0 Å². The second-order valence-corrected chi connectivity index (χ2v) is 4.76. The molecule has 5 heteroatoms. The highest BCUT2D eigenvalue weighted by Gasteiger charge is 2.21. The number of carbonyl (C=O) groups excluding carboxylic acids is 1. The number of nitrogen functional groups attached to an aromatic ring is 1. The molecule has 0 atom stereocenters. The Balaban J connectivity index is 2.48. The summed E-state index contributed by atoms with van der Waals surface area (Å²) in [4.78, 5) is 14.0. The number of phenols is 1. The van der Waals surface area contributed by atoms with Gasteiger partial charge in [-0.1, -0.05) is 6.07 Å². The maximum Gasteiger partial charge on any atom is 0.261 e. The number of amides is 1. The van der Waals surface area contributed by atoms with Gasteiger partial charge >= 0.3 is 0 Å². The number of rotatable bonds is 3. The van der Waals surface area contributed by atoms with Gasteiger partial charge in [-0.2, -0.15) is 0 Å². The highest BCUT2D eigenvalue weighted by Crippen LogP contribution is 2.27. The van der Waals surface area contributed by atoms with Crippen LogP contribution in [0.25, 0.3) is 0 Å². The highest BCUT2D eigenvalue weighted by molar-refractivity contribution is 6.07. The number of hydrogen-bond acceptors (Lipinski definition) is 3. The fourth-order valence-electron chi connectivity index (χ4n) is 2.16. The molecule has 2 aromatic rings. The van der Waals surface area contributed by atoms with Crippen molar-refractivity contribution < 1.29 is 14.3 Å². The van der Waals surface area contributed by atoms with Crippen LogP contribution in [0.3, 0.4) is 0 Å². The average Bonchev–Trinajstić information content (AvgIpc) is 2.46. The summed E-state index contributed by atoms with van der Waals surface area (Å²) in [6.45, 7) is 3.95. The van der Waals surface area contributed by atoms with Crippen molar-refractivity contribution in [1.82, 2.24) is 0 Å². The number of aromatic hydroxyl groups is 1. The molecule has 0 aliphatic rings. The van der Waals surface area contributed by atoms with Gasteiger partial charge in [0.1, 0.15) is 11.6 Å². The van der Waals surface area contributed by atoms with Gasteiger partial charge in [-0.15, -0.1) is 0 Å². The monoisotopic (exact) mass is 288 g/mol. The molecule has 0 spiro atoms. The van der Waals surface area contributed by atoms with Gasteiger partial charge in [0, 0.05) is 18.3 Å². The normalized spacial score (nSPS) is 10.4. The molecule has 2 rings (SSSR count). The maximum atomic E-state index is 13.9. The van der Waals surface area contributed by atoms with E-state index in [4.69, 9.17) is 5.73 Å². The summed E-state index contributed by atoms with van der Waals surface area (Å²) < 4.78 is 13.9. The van der Waals surface area contributed by atoms with E-state index in [9.17, 15) is 14.3 Å². The van der Waals surface area contributed by atoms with Crippen molar-refractivity contribution in [3.8, 4) is 5.75 Å². The molecule has 0 unspecified atom stereocenters. The minimum atomic E-state index is -0.620. The quantitative estimate of drug-likeness (QED) is 0.853. The lowest BCUT2D eigenvalue weighted by atomic mass is 10.1. The van der Waals surface area contributed by atoms with Crippen molar-refractivity contribution in [3.63, 3.8) is 0 Å². The van der Waals surface area contributed by atoms with Gasteiger partial charge in [-0.25, -0.2) is 4.39 Å². The van der Waals surface area contributed by atoms with E-state index in [0.29, 0.717) is 17.9 Å². The standard InChI is InChI=1S/C16H17FN2O2/c1-3-19(15-9-12(20)6-4-10(15)2)16(21)13-8-11(18)5-7-14(13)17/h4-9,20H,3,18H2,1-2H3. The topological polar surface area (TPSA) is 66.6 Å². The Bertz CT molecular complexity index is 686. The number of carbonyl (C=O) groups is 1. The number of aryl methyl sites for hydroxylation is 1. The van der Waals surface area contributed by atoms with E-state index in [0.717, 1.165) is 5.56 Å². The molecule has 21 heavy (non-hydrogen) atoms. The number of halogens is 1. The third-order valence-corrected chi connectivity index (χ3v) is 3.27. The molecular formula is C16H17FN2O2. The molecule has 4 nitrogen and oxygen atoms in total. The number of anilines is 2. The molecule has 0 heterocycles. The average molecular weight is 288 g/mol. The fourth-order valence-corrected chi connectivity index (χ4v) is 2.16. The zero-order valence-corrected chi connectivity index (χ0v) is 11.9. The summed E-state index contributed by atoms with van der Waals surface area (Å²) in [6.07, 6.45) is 0. The zero-order chi connectivity index (χ0) is 15.6. The minimum absolute atomic E-state index is 0.0508. The van der Waals surface area contributed by atoms with Crippen LogP contribution < -0.4 is 10.6 Å². The predicted octanol–water partition coefficient (Wildman–Crippen LogP) is 3.09. The van der Waals surface area contributed by atoms with E-state index < -0.39 is 11.7 Å². The molecule has 0 saturated carbocycles. The first-order valence-corrected chi connectivity index (χ1v) is 6.60. The number of phenolic OH excluding ortho intramolecular Hbond substituents is 1. The van der Waals surface area contributed by atoms with Crippen LogP contribution in [0, 0.1) is 12.7 Å². The second-order valence-electron chi connectivity index (χ2n) is 4.76. The van der Waals surface area contributed by atoms with Gasteiger partial charge in [0.15, 0.2) is 0 Å². The lowest BCUT2D eigenvalue weighted by Crippen LogP contribution is -2.32. The smallest absolute Gasteiger partial charge is 0.261 e. The van der Waals surface area contributed by atoms with Crippen LogP contribution in [-0.2, 0) is 0 Å². The number of nitrogens with two attached hydrogens (primary N) is 1. The fraction of sp³-hybridized carbons (Fsp3) is 0.188. The van der Waals surface area contributed by atoms with Crippen LogP contribution in [0.2, 0.25) is 0 Å². The van der Waals surface area contributed by atoms with E-state index in [1.807, 2.05) is 6.92 Å². The van der Waals surface area contributed by atoms with Gasteiger partial charge in [0.25, 0.3) is 5.91 Å². The number of hydrogen-bond donors (Lipinski definition) is 2. The highest BCUT2D eigenvalue weighted by atomic mass is 19.1.